The molecule has 18 heavy (non-hydrogen) atoms. The molecule has 1 heterocycles. The van der Waals surface area contributed by atoms with E-state index in [1.807, 2.05) is 19.1 Å². The van der Waals surface area contributed by atoms with Crippen molar-refractivity contribution in [3.63, 3.8) is 0 Å². The second kappa shape index (κ2) is 5.26. The van der Waals surface area contributed by atoms with Gasteiger partial charge in [0.15, 0.2) is 0 Å². The molecule has 1 saturated heterocycles. The summed E-state index contributed by atoms with van der Waals surface area (Å²) in [6.45, 7) is 2.39. The summed E-state index contributed by atoms with van der Waals surface area (Å²) in [6.07, 6.45) is 0.743. The third-order valence-corrected chi connectivity index (χ3v) is 3.96. The molecule has 0 saturated carbocycles. The van der Waals surface area contributed by atoms with Crippen LogP contribution >= 0.6 is 22.6 Å². The van der Waals surface area contributed by atoms with Crippen molar-refractivity contribution >= 4 is 34.5 Å². The van der Waals surface area contributed by atoms with Gasteiger partial charge in [0.2, 0.25) is 0 Å². The maximum absolute atomic E-state index is 12.3. The molecular weight excluding hydrogens is 345 g/mol. The van der Waals surface area contributed by atoms with Gasteiger partial charge in [0.1, 0.15) is 6.04 Å². The Morgan fingerprint density at radius 1 is 1.44 bits per heavy atom. The molecule has 1 aliphatic heterocycles. The highest BCUT2D eigenvalue weighted by Gasteiger charge is 2.39. The number of carboxylic acids is 1. The predicted molar refractivity (Wildman–Crippen MR) is 75.4 cm³/mol. The maximum atomic E-state index is 12.3. The average molecular weight is 359 g/mol. The molecule has 4 nitrogen and oxygen atoms in total. The molecule has 1 aliphatic rings. The summed E-state index contributed by atoms with van der Waals surface area (Å²) in [4.78, 5) is 25.0. The topological polar surface area (TPSA) is 57.6 Å². The van der Waals surface area contributed by atoms with Crippen molar-refractivity contribution in [3.8, 4) is 0 Å². The first-order valence-corrected chi connectivity index (χ1v) is 6.88. The molecule has 2 unspecified atom stereocenters. The Balaban J connectivity index is 2.26. The predicted octanol–water partition coefficient (Wildman–Crippen LogP) is 2.23. The molecule has 1 amide bonds. The monoisotopic (exact) mass is 359 g/mol. The van der Waals surface area contributed by atoms with Gasteiger partial charge in [-0.1, -0.05) is 13.0 Å². The first-order valence-electron chi connectivity index (χ1n) is 5.80. The summed E-state index contributed by atoms with van der Waals surface area (Å²) in [7, 11) is 0. The molecular formula is C13H14INO3. The van der Waals surface area contributed by atoms with Crippen molar-refractivity contribution in [2.45, 2.75) is 19.4 Å². The van der Waals surface area contributed by atoms with E-state index in [4.69, 9.17) is 0 Å². The number of likely N-dealkylation sites (tertiary alicyclic amines) is 1. The van der Waals surface area contributed by atoms with Crippen LogP contribution < -0.4 is 0 Å². The van der Waals surface area contributed by atoms with Gasteiger partial charge in [0.25, 0.3) is 5.91 Å². The molecule has 5 heteroatoms. The van der Waals surface area contributed by atoms with Gasteiger partial charge in [-0.25, -0.2) is 4.79 Å². The van der Waals surface area contributed by atoms with Crippen molar-refractivity contribution < 1.29 is 14.7 Å². The standard InChI is InChI=1S/C13H14INO3/c1-8-5-6-15(11(8)13(17)18)12(16)9-3-2-4-10(14)7-9/h2-4,7-8,11H,5-6H2,1H3,(H,17,18). The van der Waals surface area contributed by atoms with Crippen LogP contribution in [0.15, 0.2) is 24.3 Å². The van der Waals surface area contributed by atoms with Crippen molar-refractivity contribution in [1.29, 1.82) is 0 Å². The number of carbonyl (C=O) groups is 2. The highest BCUT2D eigenvalue weighted by molar-refractivity contribution is 14.1. The third kappa shape index (κ3) is 2.50. The Kier molecular flexibility index (Phi) is 3.89. The molecule has 96 valence electrons. The average Bonchev–Trinajstić information content (AvgIpc) is 2.70. The second-order valence-electron chi connectivity index (χ2n) is 4.56. The van der Waals surface area contributed by atoms with Gasteiger partial charge in [0, 0.05) is 15.7 Å². The van der Waals surface area contributed by atoms with E-state index in [1.165, 1.54) is 4.90 Å². The minimum absolute atomic E-state index is 0.00855. The zero-order chi connectivity index (χ0) is 13.3. The number of carboxylic acid groups (broad SMARTS) is 1. The molecule has 1 N–H and O–H groups in total. The molecule has 0 spiro atoms. The Hall–Kier alpha value is -1.11. The lowest BCUT2D eigenvalue weighted by molar-refractivity contribution is -0.142. The van der Waals surface area contributed by atoms with Crippen LogP contribution in [0.1, 0.15) is 23.7 Å². The lowest BCUT2D eigenvalue weighted by atomic mass is 10.0. The van der Waals surface area contributed by atoms with Crippen molar-refractivity contribution in [2.75, 3.05) is 6.54 Å². The van der Waals surface area contributed by atoms with Crippen molar-refractivity contribution in [1.82, 2.24) is 4.90 Å². The van der Waals surface area contributed by atoms with Gasteiger partial charge in [-0.05, 0) is 53.1 Å². The van der Waals surface area contributed by atoms with Gasteiger partial charge in [-0.15, -0.1) is 0 Å². The molecule has 0 aliphatic carbocycles. The SMILES string of the molecule is CC1CCN(C(=O)c2cccc(I)c2)C1C(=O)O. The first-order chi connectivity index (χ1) is 8.50. The minimum Gasteiger partial charge on any atom is -0.480 e. The summed E-state index contributed by atoms with van der Waals surface area (Å²) in [5, 5.41) is 9.21. The third-order valence-electron chi connectivity index (χ3n) is 3.29. The molecule has 2 atom stereocenters. The Bertz CT molecular complexity index is 489. The summed E-state index contributed by atoms with van der Waals surface area (Å²) in [6, 6.07) is 6.52. The van der Waals surface area contributed by atoms with Gasteiger partial charge in [-0.2, -0.15) is 0 Å². The van der Waals surface area contributed by atoms with Gasteiger partial charge in [-0.3, -0.25) is 4.79 Å². The van der Waals surface area contributed by atoms with Gasteiger partial charge >= 0.3 is 5.97 Å². The van der Waals surface area contributed by atoms with Crippen LogP contribution in [0.25, 0.3) is 0 Å². The number of amides is 1. The molecule has 0 aromatic heterocycles. The van der Waals surface area contributed by atoms with Crippen LogP contribution in [-0.2, 0) is 4.79 Å². The van der Waals surface area contributed by atoms with Crippen LogP contribution in [-0.4, -0.2) is 34.5 Å². The van der Waals surface area contributed by atoms with Gasteiger partial charge in [0.05, 0.1) is 0 Å². The van der Waals surface area contributed by atoms with E-state index in [9.17, 15) is 14.7 Å². The fourth-order valence-corrected chi connectivity index (χ4v) is 2.88. The van der Waals surface area contributed by atoms with Crippen LogP contribution in [0.3, 0.4) is 0 Å². The number of carbonyl (C=O) groups excluding carboxylic acids is 1. The zero-order valence-electron chi connectivity index (χ0n) is 9.97. The summed E-state index contributed by atoms with van der Waals surface area (Å²) in [5.41, 5.74) is 0.558. The maximum Gasteiger partial charge on any atom is 0.326 e. The van der Waals surface area contributed by atoms with Crippen LogP contribution in [0.2, 0.25) is 0 Å². The summed E-state index contributed by atoms with van der Waals surface area (Å²) >= 11 is 2.14. The summed E-state index contributed by atoms with van der Waals surface area (Å²) in [5.74, 6) is -1.10. The van der Waals surface area contributed by atoms with E-state index < -0.39 is 12.0 Å². The van der Waals surface area contributed by atoms with E-state index in [1.54, 1.807) is 12.1 Å². The summed E-state index contributed by atoms with van der Waals surface area (Å²) < 4.78 is 0.970. The van der Waals surface area contributed by atoms with Gasteiger partial charge < -0.3 is 10.0 Å². The van der Waals surface area contributed by atoms with Crippen LogP contribution in [0.4, 0.5) is 0 Å². The Labute approximate surface area is 119 Å². The molecule has 1 aromatic carbocycles. The van der Waals surface area contributed by atoms with Crippen LogP contribution in [0, 0.1) is 9.49 Å². The van der Waals surface area contributed by atoms with E-state index in [-0.39, 0.29) is 11.8 Å². The highest BCUT2D eigenvalue weighted by Crippen LogP contribution is 2.26. The molecule has 0 bridgehead atoms. The quantitative estimate of drug-likeness (QED) is 0.824. The second-order valence-corrected chi connectivity index (χ2v) is 5.80. The van der Waals surface area contributed by atoms with E-state index in [0.29, 0.717) is 12.1 Å². The lowest BCUT2D eigenvalue weighted by Gasteiger charge is -2.23. The Morgan fingerprint density at radius 3 is 2.78 bits per heavy atom. The molecule has 0 radical (unpaired) electrons. The number of benzene rings is 1. The number of halogens is 1. The highest BCUT2D eigenvalue weighted by atomic mass is 127. The first kappa shape index (κ1) is 13.3. The minimum atomic E-state index is -0.918. The molecule has 1 fully saturated rings. The number of rotatable bonds is 2. The fraction of sp³-hybridized carbons (Fsp3) is 0.385. The lowest BCUT2D eigenvalue weighted by Crippen LogP contribution is -2.42. The normalized spacial score (nSPS) is 23.1. The van der Waals surface area contributed by atoms with E-state index in [2.05, 4.69) is 22.6 Å². The molecule has 2 rings (SSSR count). The zero-order valence-corrected chi connectivity index (χ0v) is 12.1. The fourth-order valence-electron chi connectivity index (χ4n) is 2.34. The number of aliphatic carboxylic acids is 1. The number of hydrogen-bond donors (Lipinski definition) is 1. The van der Waals surface area contributed by atoms with Crippen LogP contribution in [0.5, 0.6) is 0 Å². The van der Waals surface area contributed by atoms with E-state index in [0.717, 1.165) is 9.99 Å². The number of nitrogens with zero attached hydrogens (tertiary/aromatic N) is 1. The smallest absolute Gasteiger partial charge is 0.326 e. The number of hydrogen-bond acceptors (Lipinski definition) is 2. The molecule has 1 aromatic rings. The van der Waals surface area contributed by atoms with Crippen molar-refractivity contribution in [2.24, 2.45) is 5.92 Å². The largest absolute Gasteiger partial charge is 0.480 e. The van der Waals surface area contributed by atoms with E-state index >= 15 is 0 Å². The van der Waals surface area contributed by atoms with Crippen molar-refractivity contribution in [3.05, 3.63) is 33.4 Å². The Morgan fingerprint density at radius 2 is 2.17 bits per heavy atom.